The Morgan fingerprint density at radius 2 is 1.96 bits per heavy atom. The number of halogens is 3. The first-order valence-electron chi connectivity index (χ1n) is 8.04. The standard InChI is InChI=1S/C17H22F3NO2/c18-17(19,20)23-15-8-4-7-14(11-15)12-21-16(22)10-9-13-5-2-1-3-6-13/h4,7-8,11,13H,1-3,5-6,9-10,12H2,(H,21,22). The van der Waals surface area contributed by atoms with E-state index in [2.05, 4.69) is 10.1 Å². The molecule has 0 aromatic heterocycles. The smallest absolute Gasteiger partial charge is 0.406 e. The molecule has 1 aliphatic carbocycles. The average Bonchev–Trinajstić information content (AvgIpc) is 2.51. The molecule has 0 spiro atoms. The maximum atomic E-state index is 12.2. The number of benzene rings is 1. The number of hydrogen-bond acceptors (Lipinski definition) is 2. The van der Waals surface area contributed by atoms with Crippen molar-refractivity contribution >= 4 is 5.91 Å². The summed E-state index contributed by atoms with van der Waals surface area (Å²) < 4.78 is 40.4. The van der Waals surface area contributed by atoms with Gasteiger partial charge in [-0.3, -0.25) is 4.79 Å². The second kappa shape index (κ2) is 8.22. The molecule has 23 heavy (non-hydrogen) atoms. The van der Waals surface area contributed by atoms with E-state index < -0.39 is 6.36 Å². The van der Waals surface area contributed by atoms with Gasteiger partial charge in [0.1, 0.15) is 5.75 Å². The molecule has 0 heterocycles. The monoisotopic (exact) mass is 329 g/mol. The van der Waals surface area contributed by atoms with Crippen LogP contribution in [0.25, 0.3) is 0 Å². The molecule has 0 radical (unpaired) electrons. The molecule has 1 aromatic rings. The van der Waals surface area contributed by atoms with E-state index in [0.717, 1.165) is 6.42 Å². The number of nitrogens with one attached hydrogen (secondary N) is 1. The van der Waals surface area contributed by atoms with Crippen molar-refractivity contribution in [2.45, 2.75) is 57.9 Å². The molecule has 0 bridgehead atoms. The van der Waals surface area contributed by atoms with Crippen molar-refractivity contribution in [3.05, 3.63) is 29.8 Å². The molecule has 1 aliphatic rings. The van der Waals surface area contributed by atoms with Crippen LogP contribution in [0.3, 0.4) is 0 Å². The number of hydrogen-bond donors (Lipinski definition) is 1. The van der Waals surface area contributed by atoms with Gasteiger partial charge in [0.2, 0.25) is 5.91 Å². The summed E-state index contributed by atoms with van der Waals surface area (Å²) in [7, 11) is 0. The first-order chi connectivity index (χ1) is 10.9. The molecule has 6 heteroatoms. The van der Waals surface area contributed by atoms with E-state index in [1.807, 2.05) is 0 Å². The molecule has 1 N–H and O–H groups in total. The fraction of sp³-hybridized carbons (Fsp3) is 0.588. The highest BCUT2D eigenvalue weighted by Crippen LogP contribution is 2.27. The summed E-state index contributed by atoms with van der Waals surface area (Å²) in [5.41, 5.74) is 0.581. The highest BCUT2D eigenvalue weighted by Gasteiger charge is 2.31. The Labute approximate surface area is 134 Å². The highest BCUT2D eigenvalue weighted by molar-refractivity contribution is 5.75. The summed E-state index contributed by atoms with van der Waals surface area (Å²) in [6, 6.07) is 5.66. The molecule has 128 valence electrons. The van der Waals surface area contributed by atoms with Crippen molar-refractivity contribution in [2.24, 2.45) is 5.92 Å². The molecule has 0 saturated heterocycles. The lowest BCUT2D eigenvalue weighted by Crippen LogP contribution is -2.23. The van der Waals surface area contributed by atoms with E-state index in [-0.39, 0.29) is 18.2 Å². The third-order valence-electron chi connectivity index (χ3n) is 4.13. The van der Waals surface area contributed by atoms with Crippen molar-refractivity contribution in [3.8, 4) is 5.75 Å². The maximum Gasteiger partial charge on any atom is 0.573 e. The number of carbonyl (C=O) groups excluding carboxylic acids is 1. The van der Waals surface area contributed by atoms with Crippen molar-refractivity contribution in [1.29, 1.82) is 0 Å². The second-order valence-corrected chi connectivity index (χ2v) is 6.01. The molecule has 1 saturated carbocycles. The SMILES string of the molecule is O=C(CCC1CCCCC1)NCc1cccc(OC(F)(F)F)c1. The van der Waals surface area contributed by atoms with Gasteiger partial charge in [-0.15, -0.1) is 13.2 Å². The summed E-state index contributed by atoms with van der Waals surface area (Å²) in [4.78, 5) is 11.9. The van der Waals surface area contributed by atoms with Gasteiger partial charge in [-0.1, -0.05) is 44.2 Å². The van der Waals surface area contributed by atoms with Crippen LogP contribution in [0.15, 0.2) is 24.3 Å². The zero-order valence-electron chi connectivity index (χ0n) is 13.0. The van der Waals surface area contributed by atoms with Gasteiger partial charge in [-0.2, -0.15) is 0 Å². The quantitative estimate of drug-likeness (QED) is 0.831. The van der Waals surface area contributed by atoms with Crippen molar-refractivity contribution in [1.82, 2.24) is 5.32 Å². The van der Waals surface area contributed by atoms with Gasteiger partial charge in [0.05, 0.1) is 0 Å². The van der Waals surface area contributed by atoms with Gasteiger partial charge < -0.3 is 10.1 Å². The predicted molar refractivity (Wildman–Crippen MR) is 80.8 cm³/mol. The minimum Gasteiger partial charge on any atom is -0.406 e. The van der Waals surface area contributed by atoms with Gasteiger partial charge in [0, 0.05) is 13.0 Å². The third kappa shape index (κ3) is 6.93. The van der Waals surface area contributed by atoms with Crippen LogP contribution in [-0.4, -0.2) is 12.3 Å². The maximum absolute atomic E-state index is 12.2. The lowest BCUT2D eigenvalue weighted by molar-refractivity contribution is -0.274. The molecule has 0 atom stereocenters. The van der Waals surface area contributed by atoms with E-state index >= 15 is 0 Å². The summed E-state index contributed by atoms with van der Waals surface area (Å²) in [5, 5.41) is 2.75. The lowest BCUT2D eigenvalue weighted by atomic mass is 9.86. The third-order valence-corrected chi connectivity index (χ3v) is 4.13. The van der Waals surface area contributed by atoms with E-state index in [1.54, 1.807) is 6.07 Å². The van der Waals surface area contributed by atoms with Gasteiger partial charge in [-0.05, 0) is 30.0 Å². The summed E-state index contributed by atoms with van der Waals surface area (Å²) in [6.07, 6.45) is 2.85. The Morgan fingerprint density at radius 1 is 1.22 bits per heavy atom. The highest BCUT2D eigenvalue weighted by atomic mass is 19.4. The van der Waals surface area contributed by atoms with Crippen molar-refractivity contribution in [2.75, 3.05) is 0 Å². The average molecular weight is 329 g/mol. The van der Waals surface area contributed by atoms with Crippen LogP contribution in [-0.2, 0) is 11.3 Å². The zero-order valence-corrected chi connectivity index (χ0v) is 13.0. The van der Waals surface area contributed by atoms with Crippen LogP contribution < -0.4 is 10.1 Å². The summed E-state index contributed by atoms with van der Waals surface area (Å²) >= 11 is 0. The normalized spacial score (nSPS) is 16.1. The van der Waals surface area contributed by atoms with Gasteiger partial charge >= 0.3 is 6.36 Å². The van der Waals surface area contributed by atoms with Crippen LogP contribution >= 0.6 is 0 Å². The van der Waals surface area contributed by atoms with Crippen molar-refractivity contribution < 1.29 is 22.7 Å². The Hall–Kier alpha value is -1.72. The molecule has 1 aromatic carbocycles. The molecular formula is C17H22F3NO2. The Bertz CT molecular complexity index is 511. The van der Waals surface area contributed by atoms with Gasteiger partial charge in [-0.25, -0.2) is 0 Å². The second-order valence-electron chi connectivity index (χ2n) is 6.01. The van der Waals surface area contributed by atoms with Crippen LogP contribution in [0, 0.1) is 5.92 Å². The molecule has 2 rings (SSSR count). The van der Waals surface area contributed by atoms with Gasteiger partial charge in [0.25, 0.3) is 0 Å². The number of carbonyl (C=O) groups is 1. The van der Waals surface area contributed by atoms with Crippen molar-refractivity contribution in [3.63, 3.8) is 0 Å². The predicted octanol–water partition coefficient (Wildman–Crippen LogP) is 4.56. The van der Waals surface area contributed by atoms with E-state index in [4.69, 9.17) is 0 Å². The fourth-order valence-electron chi connectivity index (χ4n) is 2.95. The Kier molecular flexibility index (Phi) is 6.30. The van der Waals surface area contributed by atoms with Gasteiger partial charge in [0.15, 0.2) is 0 Å². The summed E-state index contributed by atoms with van der Waals surface area (Å²) in [6.45, 7) is 0.207. The molecule has 0 unspecified atom stereocenters. The fourth-order valence-corrected chi connectivity index (χ4v) is 2.95. The van der Waals surface area contributed by atoms with E-state index in [9.17, 15) is 18.0 Å². The number of alkyl halides is 3. The lowest BCUT2D eigenvalue weighted by Gasteiger charge is -2.21. The van der Waals surface area contributed by atoms with Crippen LogP contribution in [0.4, 0.5) is 13.2 Å². The van der Waals surface area contributed by atoms with Crippen LogP contribution in [0.1, 0.15) is 50.5 Å². The minimum atomic E-state index is -4.71. The summed E-state index contributed by atoms with van der Waals surface area (Å²) in [5.74, 6) is 0.308. The molecule has 1 fully saturated rings. The molecule has 3 nitrogen and oxygen atoms in total. The molecule has 1 amide bonds. The zero-order chi connectivity index (χ0) is 16.7. The largest absolute Gasteiger partial charge is 0.573 e. The van der Waals surface area contributed by atoms with E-state index in [1.165, 1.54) is 50.3 Å². The van der Waals surface area contributed by atoms with E-state index in [0.29, 0.717) is 17.9 Å². The Morgan fingerprint density at radius 3 is 2.65 bits per heavy atom. The molecular weight excluding hydrogens is 307 g/mol. The first-order valence-corrected chi connectivity index (χ1v) is 8.04. The Balaban J connectivity index is 1.74. The van der Waals surface area contributed by atoms with Crippen LogP contribution in [0.5, 0.6) is 5.75 Å². The number of rotatable bonds is 6. The molecule has 0 aliphatic heterocycles. The van der Waals surface area contributed by atoms with Crippen LogP contribution in [0.2, 0.25) is 0 Å². The number of amides is 1. The topological polar surface area (TPSA) is 38.3 Å². The minimum absolute atomic E-state index is 0.0577. The number of ether oxygens (including phenoxy) is 1. The first kappa shape index (κ1) is 17.6.